The SMILES string of the molecule is C=C(CC)NC1=CN2C=CN(Cc3cccc(Cl)c3)C(=O)C2=C(O)C1=C. The molecule has 5 nitrogen and oxygen atoms in total. The predicted molar refractivity (Wildman–Crippen MR) is 102 cm³/mol. The smallest absolute Gasteiger partial charge is 0.279 e. The van der Waals surface area contributed by atoms with Crippen molar-refractivity contribution in [1.29, 1.82) is 0 Å². The molecule has 0 aromatic heterocycles. The van der Waals surface area contributed by atoms with Gasteiger partial charge in [0.25, 0.3) is 5.91 Å². The van der Waals surface area contributed by atoms with Crippen molar-refractivity contribution in [3.8, 4) is 0 Å². The first-order valence-electron chi connectivity index (χ1n) is 8.22. The van der Waals surface area contributed by atoms with Crippen LogP contribution in [0.2, 0.25) is 5.02 Å². The molecule has 0 bridgehead atoms. The number of halogens is 1. The minimum Gasteiger partial charge on any atom is -0.505 e. The number of aliphatic hydroxyl groups is 1. The number of carbonyl (C=O) groups excluding carboxylic acids is 1. The van der Waals surface area contributed by atoms with Crippen molar-refractivity contribution in [3.63, 3.8) is 0 Å². The summed E-state index contributed by atoms with van der Waals surface area (Å²) in [5.74, 6) is -0.458. The number of allylic oxidation sites excluding steroid dienone is 1. The molecule has 1 amide bonds. The van der Waals surface area contributed by atoms with Crippen LogP contribution >= 0.6 is 11.6 Å². The van der Waals surface area contributed by atoms with Gasteiger partial charge in [-0.25, -0.2) is 0 Å². The Morgan fingerprint density at radius 1 is 1.35 bits per heavy atom. The number of amides is 1. The first kappa shape index (κ1) is 17.9. The molecule has 1 aromatic carbocycles. The number of aliphatic hydroxyl groups excluding tert-OH is 1. The van der Waals surface area contributed by atoms with E-state index in [0.29, 0.717) is 22.8 Å². The van der Waals surface area contributed by atoms with Gasteiger partial charge in [-0.3, -0.25) is 4.79 Å². The van der Waals surface area contributed by atoms with Crippen LogP contribution in [0.4, 0.5) is 0 Å². The van der Waals surface area contributed by atoms with Gasteiger partial charge in [-0.05, 0) is 24.1 Å². The lowest BCUT2D eigenvalue weighted by molar-refractivity contribution is -0.127. The van der Waals surface area contributed by atoms with E-state index in [1.165, 1.54) is 4.90 Å². The third-order valence-electron chi connectivity index (χ3n) is 4.21. The average molecular weight is 370 g/mol. The summed E-state index contributed by atoms with van der Waals surface area (Å²) in [6.45, 7) is 10.1. The third kappa shape index (κ3) is 3.39. The fourth-order valence-electron chi connectivity index (χ4n) is 2.70. The molecule has 0 aliphatic carbocycles. The summed E-state index contributed by atoms with van der Waals surface area (Å²) in [5, 5.41) is 14.3. The molecule has 0 spiro atoms. The van der Waals surface area contributed by atoms with E-state index < -0.39 is 0 Å². The minimum atomic E-state index is -0.309. The molecular formula is C20H20ClN3O2. The Morgan fingerprint density at radius 3 is 2.81 bits per heavy atom. The maximum Gasteiger partial charge on any atom is 0.279 e. The lowest BCUT2D eigenvalue weighted by Gasteiger charge is -2.34. The van der Waals surface area contributed by atoms with Crippen molar-refractivity contribution in [2.45, 2.75) is 19.9 Å². The van der Waals surface area contributed by atoms with Gasteiger partial charge in [-0.15, -0.1) is 0 Å². The number of nitrogens with zero attached hydrogens (tertiary/aromatic N) is 2. The molecule has 0 saturated heterocycles. The van der Waals surface area contributed by atoms with Crippen molar-refractivity contribution in [2.24, 2.45) is 0 Å². The number of nitrogens with one attached hydrogen (secondary N) is 1. The highest BCUT2D eigenvalue weighted by Gasteiger charge is 2.33. The molecule has 1 aromatic rings. The largest absolute Gasteiger partial charge is 0.505 e. The van der Waals surface area contributed by atoms with E-state index >= 15 is 0 Å². The molecular weight excluding hydrogens is 350 g/mol. The van der Waals surface area contributed by atoms with E-state index in [2.05, 4.69) is 18.5 Å². The lowest BCUT2D eigenvalue weighted by atomic mass is 10.0. The first-order valence-corrected chi connectivity index (χ1v) is 8.60. The van der Waals surface area contributed by atoms with Crippen molar-refractivity contribution in [1.82, 2.24) is 15.1 Å². The van der Waals surface area contributed by atoms with Gasteiger partial charge < -0.3 is 20.2 Å². The summed E-state index contributed by atoms with van der Waals surface area (Å²) in [4.78, 5) is 16.0. The Morgan fingerprint density at radius 2 is 2.12 bits per heavy atom. The maximum absolute atomic E-state index is 12.9. The van der Waals surface area contributed by atoms with Crippen molar-refractivity contribution in [2.75, 3.05) is 0 Å². The molecule has 26 heavy (non-hydrogen) atoms. The highest BCUT2D eigenvalue weighted by molar-refractivity contribution is 6.30. The number of hydrogen-bond donors (Lipinski definition) is 2. The van der Waals surface area contributed by atoms with Crippen LogP contribution < -0.4 is 5.32 Å². The van der Waals surface area contributed by atoms with Crippen LogP contribution in [-0.4, -0.2) is 20.8 Å². The van der Waals surface area contributed by atoms with E-state index in [0.717, 1.165) is 17.7 Å². The van der Waals surface area contributed by atoms with E-state index in [9.17, 15) is 9.90 Å². The zero-order chi connectivity index (χ0) is 18.8. The zero-order valence-corrected chi connectivity index (χ0v) is 15.3. The summed E-state index contributed by atoms with van der Waals surface area (Å²) >= 11 is 6.01. The Balaban J connectivity index is 1.88. The van der Waals surface area contributed by atoms with Crippen molar-refractivity contribution < 1.29 is 9.90 Å². The van der Waals surface area contributed by atoms with Gasteiger partial charge in [0.15, 0.2) is 11.5 Å². The molecule has 2 N–H and O–H groups in total. The predicted octanol–water partition coefficient (Wildman–Crippen LogP) is 4.15. The fraction of sp³-hybridized carbons (Fsp3) is 0.150. The number of fused-ring (bicyclic) bond motifs is 1. The van der Waals surface area contributed by atoms with Gasteiger partial charge in [0.1, 0.15) is 0 Å². The molecule has 134 valence electrons. The van der Waals surface area contributed by atoms with Crippen LogP contribution in [0.3, 0.4) is 0 Å². The number of hydrogen-bond acceptors (Lipinski definition) is 4. The minimum absolute atomic E-state index is 0.149. The Bertz CT molecular complexity index is 883. The quantitative estimate of drug-likeness (QED) is 0.818. The van der Waals surface area contributed by atoms with Crippen LogP contribution in [0.5, 0.6) is 0 Å². The molecule has 3 rings (SSSR count). The van der Waals surface area contributed by atoms with Crippen molar-refractivity contribution >= 4 is 17.5 Å². The molecule has 0 atom stereocenters. The lowest BCUT2D eigenvalue weighted by Crippen LogP contribution is -2.39. The summed E-state index contributed by atoms with van der Waals surface area (Å²) in [7, 11) is 0. The molecule has 0 unspecified atom stereocenters. The normalized spacial score (nSPS) is 16.6. The third-order valence-corrected chi connectivity index (χ3v) is 4.45. The van der Waals surface area contributed by atoms with Gasteiger partial charge >= 0.3 is 0 Å². The Kier molecular flexibility index (Phi) is 4.91. The molecule has 0 saturated carbocycles. The Labute approximate surface area is 157 Å². The molecule has 2 aliphatic heterocycles. The summed E-state index contributed by atoms with van der Waals surface area (Å²) in [6, 6.07) is 7.32. The van der Waals surface area contributed by atoms with Crippen LogP contribution in [0.1, 0.15) is 18.9 Å². The highest BCUT2D eigenvalue weighted by atomic mass is 35.5. The standard InChI is InChI=1S/C20H20ClN3O2/c1-4-13(2)22-17-12-23-8-9-24(11-15-6-5-7-16(21)10-15)20(26)18(23)19(25)14(17)3/h5-10,12,22,25H,2-4,11H2,1H3. The molecule has 0 radical (unpaired) electrons. The van der Waals surface area contributed by atoms with E-state index in [4.69, 9.17) is 11.6 Å². The van der Waals surface area contributed by atoms with Gasteiger partial charge in [0.2, 0.25) is 0 Å². The van der Waals surface area contributed by atoms with Gasteiger partial charge in [0, 0.05) is 34.9 Å². The Hall–Kier alpha value is -2.92. The zero-order valence-electron chi connectivity index (χ0n) is 14.5. The van der Waals surface area contributed by atoms with Gasteiger partial charge in [0.05, 0.1) is 12.2 Å². The second-order valence-corrected chi connectivity index (χ2v) is 6.51. The van der Waals surface area contributed by atoms with Gasteiger partial charge in [-0.1, -0.05) is 43.8 Å². The van der Waals surface area contributed by atoms with Gasteiger partial charge in [-0.2, -0.15) is 0 Å². The van der Waals surface area contributed by atoms with E-state index in [1.54, 1.807) is 35.6 Å². The summed E-state index contributed by atoms with van der Waals surface area (Å²) in [6.07, 6.45) is 5.87. The van der Waals surface area contributed by atoms with Crippen LogP contribution in [0, 0.1) is 0 Å². The second-order valence-electron chi connectivity index (χ2n) is 6.07. The molecule has 2 aliphatic rings. The highest BCUT2D eigenvalue weighted by Crippen LogP contribution is 2.31. The summed E-state index contributed by atoms with van der Waals surface area (Å²) in [5.41, 5.74) is 2.84. The molecule has 2 heterocycles. The number of rotatable bonds is 5. The number of carbonyl (C=O) groups is 1. The van der Waals surface area contributed by atoms with E-state index in [1.807, 2.05) is 19.1 Å². The average Bonchev–Trinajstić information content (AvgIpc) is 2.61. The molecule has 6 heteroatoms. The van der Waals surface area contributed by atoms with E-state index in [-0.39, 0.29) is 17.4 Å². The van der Waals surface area contributed by atoms with Crippen molar-refractivity contribution in [3.05, 3.63) is 95.0 Å². The molecule has 0 fully saturated rings. The fourth-order valence-corrected chi connectivity index (χ4v) is 2.92. The summed E-state index contributed by atoms with van der Waals surface area (Å²) < 4.78 is 0. The second kappa shape index (κ2) is 7.14. The van der Waals surface area contributed by atoms with Crippen LogP contribution in [0.25, 0.3) is 0 Å². The van der Waals surface area contributed by atoms with Crippen LogP contribution in [-0.2, 0) is 11.3 Å². The number of benzene rings is 1. The monoisotopic (exact) mass is 369 g/mol. The first-order chi connectivity index (χ1) is 12.4. The topological polar surface area (TPSA) is 55.8 Å². The maximum atomic E-state index is 12.9. The van der Waals surface area contributed by atoms with Crippen LogP contribution in [0.15, 0.2) is 84.4 Å².